The lowest BCUT2D eigenvalue weighted by atomic mass is 10.1. The second-order valence-corrected chi connectivity index (χ2v) is 4.66. The van der Waals surface area contributed by atoms with Crippen molar-refractivity contribution in [2.75, 3.05) is 0 Å². The van der Waals surface area contributed by atoms with Crippen LogP contribution in [0.15, 0.2) is 6.07 Å². The smallest absolute Gasteiger partial charge is 0.167 e. The van der Waals surface area contributed by atoms with E-state index in [0.717, 1.165) is 29.6 Å². The lowest BCUT2D eigenvalue weighted by Gasteiger charge is -1.94. The largest absolute Gasteiger partial charge is 0.297 e. The number of aryl methyl sites for hydroxylation is 1. The minimum atomic E-state index is 0.224. The maximum atomic E-state index is 11.6. The van der Waals surface area contributed by atoms with Crippen LogP contribution < -0.4 is 0 Å². The average Bonchev–Trinajstić information content (AvgIpc) is 2.89. The molecule has 0 amide bonds. The molecular weight excluding hydrogens is 184 g/mol. The van der Waals surface area contributed by atoms with Crippen molar-refractivity contribution in [1.29, 1.82) is 0 Å². The summed E-state index contributed by atoms with van der Waals surface area (Å²) in [6, 6.07) is 1.72. The lowest BCUT2D eigenvalue weighted by molar-refractivity contribution is 0.0967. The van der Waals surface area contributed by atoms with Gasteiger partial charge in [-0.3, -0.25) is 9.59 Å². The number of carbonyl (C=O) groups excluding carboxylic acids is 2. The summed E-state index contributed by atoms with van der Waals surface area (Å²) in [5.74, 6) is 0.467. The standard InChI is InChI=1S/C10H10O2S/c1-6-9(4-8(5-11)13-6)10(12)7-2-3-7/h4-5,7H,2-3H2,1H3. The molecule has 0 unspecified atom stereocenters. The van der Waals surface area contributed by atoms with Gasteiger partial charge in [0, 0.05) is 16.4 Å². The Morgan fingerprint density at radius 3 is 2.77 bits per heavy atom. The first-order chi connectivity index (χ1) is 6.22. The molecule has 1 aromatic rings. The Balaban J connectivity index is 2.32. The predicted octanol–water partition coefficient (Wildman–Crippen LogP) is 2.46. The van der Waals surface area contributed by atoms with E-state index in [1.807, 2.05) is 6.92 Å². The number of rotatable bonds is 3. The second-order valence-electron chi connectivity index (χ2n) is 3.38. The van der Waals surface area contributed by atoms with Crippen LogP contribution in [0.1, 0.15) is 37.7 Å². The zero-order valence-electron chi connectivity index (χ0n) is 7.37. The first-order valence-corrected chi connectivity index (χ1v) is 5.14. The lowest BCUT2D eigenvalue weighted by Crippen LogP contribution is -2.00. The molecule has 1 heterocycles. The molecule has 1 fully saturated rings. The average molecular weight is 194 g/mol. The number of thiophene rings is 1. The zero-order valence-corrected chi connectivity index (χ0v) is 8.19. The molecule has 2 nitrogen and oxygen atoms in total. The molecular formula is C10H10O2S. The summed E-state index contributed by atoms with van der Waals surface area (Å²) in [5.41, 5.74) is 0.759. The van der Waals surface area contributed by atoms with E-state index >= 15 is 0 Å². The number of hydrogen-bond donors (Lipinski definition) is 0. The zero-order chi connectivity index (χ0) is 9.42. The summed E-state index contributed by atoms with van der Waals surface area (Å²) in [6.07, 6.45) is 2.84. The van der Waals surface area contributed by atoms with Crippen molar-refractivity contribution in [3.05, 3.63) is 21.4 Å². The van der Waals surface area contributed by atoms with Crippen molar-refractivity contribution in [1.82, 2.24) is 0 Å². The van der Waals surface area contributed by atoms with Crippen molar-refractivity contribution in [3.8, 4) is 0 Å². The van der Waals surface area contributed by atoms with E-state index in [0.29, 0.717) is 4.88 Å². The second kappa shape index (κ2) is 3.07. The minimum absolute atomic E-state index is 0.224. The number of ketones is 1. The maximum Gasteiger partial charge on any atom is 0.167 e. The van der Waals surface area contributed by atoms with Crippen LogP contribution in [0.2, 0.25) is 0 Å². The highest BCUT2D eigenvalue weighted by Gasteiger charge is 2.31. The fourth-order valence-electron chi connectivity index (χ4n) is 1.37. The Hall–Kier alpha value is -0.960. The molecule has 68 valence electrons. The molecule has 0 aliphatic heterocycles. The van der Waals surface area contributed by atoms with Gasteiger partial charge in [-0.2, -0.15) is 0 Å². The molecule has 2 rings (SSSR count). The molecule has 1 aromatic heterocycles. The molecule has 3 heteroatoms. The van der Waals surface area contributed by atoms with E-state index in [9.17, 15) is 9.59 Å². The van der Waals surface area contributed by atoms with Crippen LogP contribution in [0.4, 0.5) is 0 Å². The van der Waals surface area contributed by atoms with E-state index in [1.165, 1.54) is 11.3 Å². The monoisotopic (exact) mass is 194 g/mol. The van der Waals surface area contributed by atoms with E-state index in [1.54, 1.807) is 6.07 Å². The van der Waals surface area contributed by atoms with E-state index in [4.69, 9.17) is 0 Å². The molecule has 1 aliphatic rings. The highest BCUT2D eigenvalue weighted by molar-refractivity contribution is 7.13. The van der Waals surface area contributed by atoms with Gasteiger partial charge in [-0.15, -0.1) is 11.3 Å². The Morgan fingerprint density at radius 2 is 2.31 bits per heavy atom. The van der Waals surface area contributed by atoms with Crippen LogP contribution in [-0.2, 0) is 0 Å². The highest BCUT2D eigenvalue weighted by Crippen LogP contribution is 2.35. The van der Waals surface area contributed by atoms with Crippen molar-refractivity contribution in [3.63, 3.8) is 0 Å². The third-order valence-corrected chi connectivity index (χ3v) is 3.24. The Kier molecular flexibility index (Phi) is 2.04. The predicted molar refractivity (Wildman–Crippen MR) is 51.5 cm³/mol. The molecule has 13 heavy (non-hydrogen) atoms. The number of Topliss-reactive ketones (excluding diaryl/α,β-unsaturated/α-hetero) is 1. The summed E-state index contributed by atoms with van der Waals surface area (Å²) >= 11 is 1.40. The summed E-state index contributed by atoms with van der Waals surface area (Å²) in [4.78, 5) is 23.8. The summed E-state index contributed by atoms with van der Waals surface area (Å²) < 4.78 is 0. The van der Waals surface area contributed by atoms with Gasteiger partial charge in [0.2, 0.25) is 0 Å². The molecule has 1 saturated carbocycles. The van der Waals surface area contributed by atoms with Crippen molar-refractivity contribution in [2.45, 2.75) is 19.8 Å². The normalized spacial score (nSPS) is 15.8. The SMILES string of the molecule is Cc1sc(C=O)cc1C(=O)C1CC1. The van der Waals surface area contributed by atoms with Crippen LogP contribution in [0.25, 0.3) is 0 Å². The van der Waals surface area contributed by atoms with Crippen LogP contribution in [-0.4, -0.2) is 12.1 Å². The van der Waals surface area contributed by atoms with Gasteiger partial charge < -0.3 is 0 Å². The summed E-state index contributed by atoms with van der Waals surface area (Å²) in [7, 11) is 0. The molecule has 1 aliphatic carbocycles. The minimum Gasteiger partial charge on any atom is -0.297 e. The topological polar surface area (TPSA) is 34.1 Å². The molecule has 0 N–H and O–H groups in total. The van der Waals surface area contributed by atoms with Crippen LogP contribution >= 0.6 is 11.3 Å². The van der Waals surface area contributed by atoms with Crippen LogP contribution in [0, 0.1) is 12.8 Å². The Morgan fingerprint density at radius 1 is 1.62 bits per heavy atom. The van der Waals surface area contributed by atoms with Gasteiger partial charge in [0.25, 0.3) is 0 Å². The van der Waals surface area contributed by atoms with Gasteiger partial charge in [-0.1, -0.05) is 0 Å². The van der Waals surface area contributed by atoms with Gasteiger partial charge in [0.1, 0.15) is 0 Å². The van der Waals surface area contributed by atoms with E-state index in [-0.39, 0.29) is 11.7 Å². The Bertz CT molecular complexity index is 361. The molecule has 0 saturated heterocycles. The molecule has 0 aromatic carbocycles. The first-order valence-electron chi connectivity index (χ1n) is 4.32. The Labute approximate surface area is 80.6 Å². The fraction of sp³-hybridized carbons (Fsp3) is 0.400. The van der Waals surface area contributed by atoms with Gasteiger partial charge in [0.15, 0.2) is 12.1 Å². The van der Waals surface area contributed by atoms with Crippen LogP contribution in [0.3, 0.4) is 0 Å². The number of carbonyl (C=O) groups is 2. The van der Waals surface area contributed by atoms with Gasteiger partial charge in [-0.25, -0.2) is 0 Å². The third-order valence-electron chi connectivity index (χ3n) is 2.27. The quantitative estimate of drug-likeness (QED) is 0.547. The highest BCUT2D eigenvalue weighted by atomic mass is 32.1. The van der Waals surface area contributed by atoms with Crippen molar-refractivity contribution >= 4 is 23.4 Å². The van der Waals surface area contributed by atoms with Crippen molar-refractivity contribution < 1.29 is 9.59 Å². The first kappa shape index (κ1) is 8.63. The van der Waals surface area contributed by atoms with Gasteiger partial charge >= 0.3 is 0 Å². The third kappa shape index (κ3) is 1.56. The van der Waals surface area contributed by atoms with Gasteiger partial charge in [-0.05, 0) is 25.8 Å². The maximum absolute atomic E-state index is 11.6. The number of aldehydes is 1. The molecule has 0 spiro atoms. The molecule has 0 bridgehead atoms. The van der Waals surface area contributed by atoms with Gasteiger partial charge in [0.05, 0.1) is 4.88 Å². The van der Waals surface area contributed by atoms with Crippen LogP contribution in [0.5, 0.6) is 0 Å². The summed E-state index contributed by atoms with van der Waals surface area (Å²) in [5, 5.41) is 0. The number of hydrogen-bond acceptors (Lipinski definition) is 3. The molecule has 0 atom stereocenters. The van der Waals surface area contributed by atoms with E-state index < -0.39 is 0 Å². The summed E-state index contributed by atoms with van der Waals surface area (Å²) in [6.45, 7) is 1.90. The molecule has 0 radical (unpaired) electrons. The fourth-order valence-corrected chi connectivity index (χ4v) is 2.22. The van der Waals surface area contributed by atoms with Crippen molar-refractivity contribution in [2.24, 2.45) is 5.92 Å². The van der Waals surface area contributed by atoms with E-state index in [2.05, 4.69) is 0 Å².